The van der Waals surface area contributed by atoms with Gasteiger partial charge in [-0.25, -0.2) is 4.79 Å². The van der Waals surface area contributed by atoms with Crippen LogP contribution in [-0.4, -0.2) is 32.4 Å². The number of esters is 1. The number of nitrogens with one attached hydrogen (secondary N) is 1. The molecule has 0 saturated carbocycles. The first-order valence-corrected chi connectivity index (χ1v) is 9.09. The average Bonchev–Trinajstić information content (AvgIpc) is 3.22. The Bertz CT molecular complexity index is 873. The minimum Gasteiger partial charge on any atom is -0.496 e. The van der Waals surface area contributed by atoms with Gasteiger partial charge in [0.05, 0.1) is 25.9 Å². The van der Waals surface area contributed by atoms with Gasteiger partial charge in [0.15, 0.2) is 6.29 Å². The molecule has 0 bridgehead atoms. The van der Waals surface area contributed by atoms with Crippen LogP contribution in [0.25, 0.3) is 0 Å². The number of hydrogen-bond donors (Lipinski definition) is 1. The number of benzene rings is 2. The largest absolute Gasteiger partial charge is 0.496 e. The fourth-order valence-corrected chi connectivity index (χ4v) is 2.82. The van der Waals surface area contributed by atoms with Crippen LogP contribution in [0.5, 0.6) is 11.5 Å². The molecular weight excluding hydrogens is 378 g/mol. The Hall–Kier alpha value is -3.10. The number of amides is 1. The van der Waals surface area contributed by atoms with Crippen molar-refractivity contribution >= 4 is 17.7 Å². The molecule has 8 heteroatoms. The molecule has 2 aromatic carbocycles. The van der Waals surface area contributed by atoms with E-state index in [2.05, 4.69) is 5.32 Å². The van der Waals surface area contributed by atoms with E-state index >= 15 is 0 Å². The Kier molecular flexibility index (Phi) is 6.69. The minimum atomic E-state index is -0.655. The van der Waals surface area contributed by atoms with Gasteiger partial charge in [-0.05, 0) is 31.2 Å². The van der Waals surface area contributed by atoms with E-state index in [-0.39, 0.29) is 12.4 Å². The number of ether oxygens (including phenoxy) is 5. The normalized spacial score (nSPS) is 13.8. The maximum atomic E-state index is 12.1. The molecule has 154 valence electrons. The van der Waals surface area contributed by atoms with Gasteiger partial charge in [0.1, 0.15) is 18.1 Å². The van der Waals surface area contributed by atoms with Gasteiger partial charge in [0.25, 0.3) is 0 Å². The monoisotopic (exact) mass is 401 g/mol. The third-order valence-electron chi connectivity index (χ3n) is 4.20. The van der Waals surface area contributed by atoms with E-state index in [0.29, 0.717) is 35.8 Å². The lowest BCUT2D eigenvalue weighted by Crippen LogP contribution is -2.14. The maximum absolute atomic E-state index is 12.1. The van der Waals surface area contributed by atoms with Gasteiger partial charge in [0, 0.05) is 18.2 Å². The first-order valence-electron chi connectivity index (χ1n) is 9.09. The highest BCUT2D eigenvalue weighted by Crippen LogP contribution is 2.37. The Morgan fingerprint density at radius 1 is 1.10 bits per heavy atom. The van der Waals surface area contributed by atoms with Crippen LogP contribution < -0.4 is 14.8 Å². The first kappa shape index (κ1) is 20.6. The van der Waals surface area contributed by atoms with E-state index < -0.39 is 18.4 Å². The third-order valence-corrected chi connectivity index (χ3v) is 4.20. The van der Waals surface area contributed by atoms with Crippen molar-refractivity contribution in [3.8, 4) is 11.5 Å². The Morgan fingerprint density at radius 3 is 2.41 bits per heavy atom. The highest BCUT2D eigenvalue weighted by Gasteiger charge is 2.25. The van der Waals surface area contributed by atoms with Crippen molar-refractivity contribution in [3.63, 3.8) is 0 Å². The van der Waals surface area contributed by atoms with Gasteiger partial charge in [-0.15, -0.1) is 0 Å². The molecule has 1 aliphatic heterocycles. The van der Waals surface area contributed by atoms with E-state index in [9.17, 15) is 9.59 Å². The standard InChI is InChI=1S/C21H23NO7/c1-13-4-6-16(7-5-13)22-21(24)28-12-15-10-19(29-14(2)23)17(11-18(15)25-3)20-26-8-9-27-20/h4-7,10-11,20H,8-9,12H2,1-3H3,(H,22,24). The van der Waals surface area contributed by atoms with Crippen LogP contribution in [0.1, 0.15) is 29.9 Å². The number of carbonyl (C=O) groups is 2. The van der Waals surface area contributed by atoms with Crippen LogP contribution in [0.2, 0.25) is 0 Å². The number of anilines is 1. The second-order valence-electron chi connectivity index (χ2n) is 6.44. The molecule has 1 saturated heterocycles. The molecule has 0 spiro atoms. The lowest BCUT2D eigenvalue weighted by molar-refractivity contribution is -0.132. The summed E-state index contributed by atoms with van der Waals surface area (Å²) in [4.78, 5) is 23.6. The summed E-state index contributed by atoms with van der Waals surface area (Å²) < 4.78 is 27.0. The van der Waals surface area contributed by atoms with Gasteiger partial charge in [-0.1, -0.05) is 17.7 Å². The quantitative estimate of drug-likeness (QED) is 0.582. The minimum absolute atomic E-state index is 0.0816. The fraction of sp³-hybridized carbons (Fsp3) is 0.333. The van der Waals surface area contributed by atoms with Crippen molar-refractivity contribution in [2.75, 3.05) is 25.6 Å². The average molecular weight is 401 g/mol. The molecule has 0 aliphatic carbocycles. The van der Waals surface area contributed by atoms with Crippen molar-refractivity contribution in [1.82, 2.24) is 0 Å². The smallest absolute Gasteiger partial charge is 0.411 e. The summed E-state index contributed by atoms with van der Waals surface area (Å²) in [6.45, 7) is 4.06. The molecule has 2 aromatic rings. The van der Waals surface area contributed by atoms with Crippen LogP contribution in [0, 0.1) is 6.92 Å². The molecule has 1 aliphatic rings. The van der Waals surface area contributed by atoms with Crippen molar-refractivity contribution in [2.45, 2.75) is 26.7 Å². The molecule has 29 heavy (non-hydrogen) atoms. The van der Waals surface area contributed by atoms with E-state index in [4.69, 9.17) is 23.7 Å². The van der Waals surface area contributed by atoms with Gasteiger partial charge in [-0.3, -0.25) is 10.1 Å². The molecular formula is C21H23NO7. The predicted molar refractivity (Wildman–Crippen MR) is 104 cm³/mol. The third kappa shape index (κ3) is 5.46. The number of carbonyl (C=O) groups excluding carboxylic acids is 2. The topological polar surface area (TPSA) is 92.3 Å². The molecule has 1 amide bonds. The molecule has 0 aromatic heterocycles. The van der Waals surface area contributed by atoms with Crippen LogP contribution in [0.15, 0.2) is 36.4 Å². The van der Waals surface area contributed by atoms with E-state index in [0.717, 1.165) is 5.56 Å². The molecule has 0 unspecified atom stereocenters. The summed E-state index contributed by atoms with van der Waals surface area (Å²) in [5, 5.41) is 2.65. The molecule has 1 fully saturated rings. The first-order chi connectivity index (χ1) is 14.0. The summed E-state index contributed by atoms with van der Waals surface area (Å²) in [6, 6.07) is 10.6. The lowest BCUT2D eigenvalue weighted by Gasteiger charge is -2.18. The molecule has 0 atom stereocenters. The van der Waals surface area contributed by atoms with E-state index in [1.165, 1.54) is 14.0 Å². The van der Waals surface area contributed by atoms with Crippen LogP contribution >= 0.6 is 0 Å². The zero-order chi connectivity index (χ0) is 20.8. The van der Waals surface area contributed by atoms with Crippen molar-refractivity contribution in [3.05, 3.63) is 53.1 Å². The summed E-state index contributed by atoms with van der Waals surface area (Å²) >= 11 is 0. The van der Waals surface area contributed by atoms with Gasteiger partial charge < -0.3 is 23.7 Å². The number of rotatable bonds is 6. The van der Waals surface area contributed by atoms with Gasteiger partial charge in [0.2, 0.25) is 0 Å². The van der Waals surface area contributed by atoms with Gasteiger partial charge >= 0.3 is 12.1 Å². The predicted octanol–water partition coefficient (Wildman–Crippen LogP) is 3.72. The van der Waals surface area contributed by atoms with Crippen LogP contribution in [-0.2, 0) is 25.6 Å². The summed E-state index contributed by atoms with van der Waals surface area (Å²) in [7, 11) is 1.50. The summed E-state index contributed by atoms with van der Waals surface area (Å²) in [5.74, 6) is 0.235. The van der Waals surface area contributed by atoms with Crippen molar-refractivity contribution in [2.24, 2.45) is 0 Å². The lowest BCUT2D eigenvalue weighted by atomic mass is 10.1. The van der Waals surface area contributed by atoms with Crippen LogP contribution in [0.4, 0.5) is 10.5 Å². The SMILES string of the molecule is COc1cc(C2OCCO2)c(OC(C)=O)cc1COC(=O)Nc1ccc(C)cc1. The zero-order valence-electron chi connectivity index (χ0n) is 16.5. The fourth-order valence-electron chi connectivity index (χ4n) is 2.82. The molecule has 1 heterocycles. The van der Waals surface area contributed by atoms with E-state index in [1.54, 1.807) is 24.3 Å². The molecule has 8 nitrogen and oxygen atoms in total. The van der Waals surface area contributed by atoms with Crippen LogP contribution in [0.3, 0.4) is 0 Å². The Morgan fingerprint density at radius 2 is 1.79 bits per heavy atom. The van der Waals surface area contributed by atoms with E-state index in [1.807, 2.05) is 19.1 Å². The maximum Gasteiger partial charge on any atom is 0.411 e. The van der Waals surface area contributed by atoms with Crippen molar-refractivity contribution < 1.29 is 33.3 Å². The second kappa shape index (κ2) is 9.40. The number of hydrogen-bond acceptors (Lipinski definition) is 7. The summed E-state index contributed by atoms with van der Waals surface area (Å²) in [5.41, 5.74) is 2.77. The number of aryl methyl sites for hydroxylation is 1. The Labute approximate surface area is 168 Å². The van der Waals surface area contributed by atoms with Gasteiger partial charge in [-0.2, -0.15) is 0 Å². The molecule has 0 radical (unpaired) electrons. The molecule has 1 N–H and O–H groups in total. The molecule has 3 rings (SSSR count). The highest BCUT2D eigenvalue weighted by atomic mass is 16.7. The second-order valence-corrected chi connectivity index (χ2v) is 6.44. The summed E-state index contributed by atoms with van der Waals surface area (Å²) in [6.07, 6.45) is -1.27. The highest BCUT2D eigenvalue weighted by molar-refractivity contribution is 5.84. The number of methoxy groups -OCH3 is 1. The Balaban J connectivity index is 1.75. The van der Waals surface area contributed by atoms with Crippen molar-refractivity contribution in [1.29, 1.82) is 0 Å². The zero-order valence-corrected chi connectivity index (χ0v) is 16.5.